The lowest BCUT2D eigenvalue weighted by atomic mass is 10.1. The SMILES string of the molecule is C=C(Cl)COc1ccccc1C(C)NC. The lowest BCUT2D eigenvalue weighted by Gasteiger charge is -2.15. The molecule has 2 nitrogen and oxygen atoms in total. The Bertz CT molecular complexity index is 338. The minimum absolute atomic E-state index is 0.254. The van der Waals surface area contributed by atoms with Crippen LogP contribution < -0.4 is 10.1 Å². The average Bonchev–Trinajstić information content (AvgIpc) is 2.25. The van der Waals surface area contributed by atoms with Crippen LogP contribution in [0.15, 0.2) is 35.9 Å². The number of benzene rings is 1. The molecular weight excluding hydrogens is 210 g/mol. The van der Waals surface area contributed by atoms with E-state index in [0.717, 1.165) is 11.3 Å². The maximum Gasteiger partial charge on any atom is 0.124 e. The second kappa shape index (κ2) is 5.79. The Morgan fingerprint density at radius 1 is 1.53 bits per heavy atom. The van der Waals surface area contributed by atoms with Gasteiger partial charge < -0.3 is 10.1 Å². The highest BCUT2D eigenvalue weighted by molar-refractivity contribution is 6.29. The number of halogens is 1. The van der Waals surface area contributed by atoms with Crippen molar-refractivity contribution in [2.45, 2.75) is 13.0 Å². The molecule has 1 N–H and O–H groups in total. The molecule has 0 fully saturated rings. The van der Waals surface area contributed by atoms with Crippen molar-refractivity contribution in [1.82, 2.24) is 5.32 Å². The van der Waals surface area contributed by atoms with E-state index >= 15 is 0 Å². The fourth-order valence-electron chi connectivity index (χ4n) is 1.28. The third-order valence-corrected chi connectivity index (χ3v) is 2.31. The van der Waals surface area contributed by atoms with Crippen molar-refractivity contribution >= 4 is 11.6 Å². The minimum Gasteiger partial charge on any atom is -0.488 e. The normalized spacial score (nSPS) is 12.2. The molecule has 0 amide bonds. The van der Waals surface area contributed by atoms with Gasteiger partial charge in [-0.25, -0.2) is 0 Å². The van der Waals surface area contributed by atoms with Crippen LogP contribution in [0.25, 0.3) is 0 Å². The van der Waals surface area contributed by atoms with Gasteiger partial charge in [-0.2, -0.15) is 0 Å². The molecule has 0 aliphatic carbocycles. The first-order valence-corrected chi connectivity index (χ1v) is 5.25. The Labute approximate surface area is 95.9 Å². The number of hydrogen-bond donors (Lipinski definition) is 1. The number of hydrogen-bond acceptors (Lipinski definition) is 2. The third kappa shape index (κ3) is 3.57. The van der Waals surface area contributed by atoms with E-state index in [1.165, 1.54) is 0 Å². The molecule has 0 bridgehead atoms. The van der Waals surface area contributed by atoms with Crippen LogP contribution in [0.4, 0.5) is 0 Å². The summed E-state index contributed by atoms with van der Waals surface area (Å²) in [5.41, 5.74) is 1.12. The fourth-order valence-corrected chi connectivity index (χ4v) is 1.34. The van der Waals surface area contributed by atoms with E-state index in [4.69, 9.17) is 16.3 Å². The van der Waals surface area contributed by atoms with E-state index in [1.54, 1.807) is 0 Å². The molecule has 1 atom stereocenters. The van der Waals surface area contributed by atoms with Crippen molar-refractivity contribution in [1.29, 1.82) is 0 Å². The number of nitrogens with one attached hydrogen (secondary N) is 1. The topological polar surface area (TPSA) is 21.3 Å². The highest BCUT2D eigenvalue weighted by Crippen LogP contribution is 2.24. The van der Waals surface area contributed by atoms with E-state index in [0.29, 0.717) is 11.6 Å². The van der Waals surface area contributed by atoms with E-state index in [9.17, 15) is 0 Å². The Hall–Kier alpha value is -0.990. The summed E-state index contributed by atoms with van der Waals surface area (Å²) in [6, 6.07) is 8.16. The quantitative estimate of drug-likeness (QED) is 0.832. The maximum atomic E-state index is 5.66. The van der Waals surface area contributed by atoms with Crippen LogP contribution in [-0.4, -0.2) is 13.7 Å². The lowest BCUT2D eigenvalue weighted by molar-refractivity contribution is 0.351. The Balaban J connectivity index is 2.81. The van der Waals surface area contributed by atoms with Crippen LogP contribution in [0.3, 0.4) is 0 Å². The van der Waals surface area contributed by atoms with Gasteiger partial charge in [-0.1, -0.05) is 36.4 Å². The van der Waals surface area contributed by atoms with Crippen molar-refractivity contribution in [3.8, 4) is 5.75 Å². The van der Waals surface area contributed by atoms with Gasteiger partial charge in [0.15, 0.2) is 0 Å². The van der Waals surface area contributed by atoms with E-state index in [-0.39, 0.29) is 6.04 Å². The number of ether oxygens (including phenoxy) is 1. The summed E-state index contributed by atoms with van der Waals surface area (Å²) in [4.78, 5) is 0. The second-order valence-corrected chi connectivity index (χ2v) is 3.89. The second-order valence-electron chi connectivity index (χ2n) is 3.35. The van der Waals surface area contributed by atoms with Gasteiger partial charge in [0.25, 0.3) is 0 Å². The van der Waals surface area contributed by atoms with Gasteiger partial charge in [0.1, 0.15) is 12.4 Å². The van der Waals surface area contributed by atoms with Gasteiger partial charge in [-0.15, -0.1) is 0 Å². The zero-order valence-electron chi connectivity index (χ0n) is 9.09. The molecule has 1 aromatic carbocycles. The van der Waals surface area contributed by atoms with E-state index in [1.807, 2.05) is 31.3 Å². The maximum absolute atomic E-state index is 5.66. The number of rotatable bonds is 5. The molecule has 0 heterocycles. The summed E-state index contributed by atoms with van der Waals surface area (Å²) in [5.74, 6) is 0.848. The number of para-hydroxylation sites is 1. The molecule has 1 unspecified atom stereocenters. The van der Waals surface area contributed by atoms with Crippen LogP contribution in [0.5, 0.6) is 5.75 Å². The zero-order valence-corrected chi connectivity index (χ0v) is 9.84. The van der Waals surface area contributed by atoms with Crippen molar-refractivity contribution in [2.75, 3.05) is 13.7 Å². The predicted octanol–water partition coefficient (Wildman–Crippen LogP) is 3.10. The standard InChI is InChI=1S/C12H16ClNO/c1-9(13)8-15-12-7-5-4-6-11(12)10(2)14-3/h4-7,10,14H,1,8H2,2-3H3. The highest BCUT2D eigenvalue weighted by Gasteiger charge is 2.08. The monoisotopic (exact) mass is 225 g/mol. The Kier molecular flexibility index (Phi) is 4.66. The molecular formula is C12H16ClNO. The molecule has 0 aliphatic heterocycles. The van der Waals surface area contributed by atoms with Crippen LogP contribution in [0.1, 0.15) is 18.5 Å². The molecule has 0 aromatic heterocycles. The van der Waals surface area contributed by atoms with Crippen molar-refractivity contribution in [3.05, 3.63) is 41.4 Å². The van der Waals surface area contributed by atoms with Gasteiger partial charge in [0, 0.05) is 16.6 Å². The molecule has 1 rings (SSSR count). The molecule has 0 spiro atoms. The molecule has 15 heavy (non-hydrogen) atoms. The molecule has 0 saturated heterocycles. The van der Waals surface area contributed by atoms with Gasteiger partial charge in [-0.05, 0) is 20.0 Å². The summed E-state index contributed by atoms with van der Waals surface area (Å²) in [6.07, 6.45) is 0. The summed E-state index contributed by atoms with van der Waals surface area (Å²) in [7, 11) is 1.92. The van der Waals surface area contributed by atoms with Crippen LogP contribution in [0, 0.1) is 0 Å². The van der Waals surface area contributed by atoms with Crippen LogP contribution >= 0.6 is 11.6 Å². The molecule has 0 aliphatic rings. The van der Waals surface area contributed by atoms with E-state index < -0.39 is 0 Å². The molecule has 1 aromatic rings. The smallest absolute Gasteiger partial charge is 0.124 e. The van der Waals surface area contributed by atoms with Crippen molar-refractivity contribution < 1.29 is 4.74 Å². The highest BCUT2D eigenvalue weighted by atomic mass is 35.5. The zero-order chi connectivity index (χ0) is 11.3. The van der Waals surface area contributed by atoms with Gasteiger partial charge in [0.2, 0.25) is 0 Å². The van der Waals surface area contributed by atoms with E-state index in [2.05, 4.69) is 18.8 Å². The Morgan fingerprint density at radius 3 is 2.80 bits per heavy atom. The third-order valence-electron chi connectivity index (χ3n) is 2.20. The van der Waals surface area contributed by atoms with Gasteiger partial charge in [-0.3, -0.25) is 0 Å². The first-order chi connectivity index (χ1) is 7.15. The molecule has 0 saturated carbocycles. The molecule has 82 valence electrons. The minimum atomic E-state index is 0.254. The molecule has 0 radical (unpaired) electrons. The van der Waals surface area contributed by atoms with Crippen molar-refractivity contribution in [2.24, 2.45) is 0 Å². The van der Waals surface area contributed by atoms with Gasteiger partial charge in [0.05, 0.1) is 0 Å². The summed E-state index contributed by atoms with van der Waals surface area (Å²) in [6.45, 7) is 6.01. The first-order valence-electron chi connectivity index (χ1n) is 4.87. The molecule has 3 heteroatoms. The van der Waals surface area contributed by atoms with Crippen molar-refractivity contribution in [3.63, 3.8) is 0 Å². The summed E-state index contributed by atoms with van der Waals surface area (Å²) in [5, 5.41) is 3.68. The average molecular weight is 226 g/mol. The summed E-state index contributed by atoms with van der Waals surface area (Å²) >= 11 is 5.66. The van der Waals surface area contributed by atoms with Gasteiger partial charge >= 0.3 is 0 Å². The fraction of sp³-hybridized carbons (Fsp3) is 0.333. The first kappa shape index (κ1) is 12.1. The lowest BCUT2D eigenvalue weighted by Crippen LogP contribution is -2.13. The largest absolute Gasteiger partial charge is 0.488 e. The predicted molar refractivity (Wildman–Crippen MR) is 64.4 cm³/mol. The van der Waals surface area contributed by atoms with Crippen LogP contribution in [-0.2, 0) is 0 Å². The van der Waals surface area contributed by atoms with Crippen LogP contribution in [0.2, 0.25) is 0 Å². The Morgan fingerprint density at radius 2 is 2.20 bits per heavy atom. The summed E-state index contributed by atoms with van der Waals surface area (Å²) < 4.78 is 5.55.